The summed E-state index contributed by atoms with van der Waals surface area (Å²) < 4.78 is 23.2. The number of pyridine rings is 1. The van der Waals surface area contributed by atoms with Gasteiger partial charge in [0.05, 0.1) is 11.4 Å². The van der Waals surface area contributed by atoms with Gasteiger partial charge in [-0.25, -0.2) is 23.4 Å². The van der Waals surface area contributed by atoms with Crippen molar-refractivity contribution in [3.05, 3.63) is 53.5 Å². The van der Waals surface area contributed by atoms with Crippen LogP contribution in [0, 0.1) is 0 Å². The van der Waals surface area contributed by atoms with Gasteiger partial charge in [-0.3, -0.25) is 4.90 Å². The minimum atomic E-state index is -3.39. The van der Waals surface area contributed by atoms with Crippen LogP contribution in [0.5, 0.6) is 5.75 Å². The molecule has 1 aliphatic heterocycles. The van der Waals surface area contributed by atoms with Gasteiger partial charge in [0.2, 0.25) is 15.0 Å². The molecule has 0 atom stereocenters. The normalized spacial score (nSPS) is 15.1. The predicted octanol–water partition coefficient (Wildman–Crippen LogP) is 1.69. The van der Waals surface area contributed by atoms with Crippen LogP contribution in [0.25, 0.3) is 10.9 Å². The van der Waals surface area contributed by atoms with Crippen molar-refractivity contribution in [2.24, 2.45) is 0 Å². The van der Waals surface area contributed by atoms with E-state index in [0.717, 1.165) is 35.1 Å². The number of phenolic OH excluding ortho intramolecular Hbond substituents is 1. The Labute approximate surface area is 151 Å². The lowest BCUT2D eigenvalue weighted by molar-refractivity contribution is 0.239. The summed E-state index contributed by atoms with van der Waals surface area (Å²) in [6, 6.07) is 9.26. The minimum absolute atomic E-state index is 0.114. The topological polar surface area (TPSA) is 96.3 Å². The van der Waals surface area contributed by atoms with E-state index in [9.17, 15) is 13.5 Å². The average molecular weight is 370 g/mol. The van der Waals surface area contributed by atoms with Gasteiger partial charge in [0.25, 0.3) is 0 Å². The molecule has 0 saturated carbocycles. The van der Waals surface area contributed by atoms with Crippen molar-refractivity contribution in [2.75, 3.05) is 12.8 Å². The summed E-state index contributed by atoms with van der Waals surface area (Å²) in [4.78, 5) is 15.0. The molecule has 3 aromatic rings. The molecule has 8 heteroatoms. The molecule has 0 bridgehead atoms. The van der Waals surface area contributed by atoms with Crippen LogP contribution in [0.1, 0.15) is 17.0 Å². The monoisotopic (exact) mass is 370 g/mol. The SMILES string of the molecule is CS(=O)(=O)c1ncc2c(n1)CCN(Cc1ccc3cccc(O)c3n1)C2. The first-order valence-electron chi connectivity index (χ1n) is 8.25. The third-order valence-corrected chi connectivity index (χ3v) is 5.32. The summed E-state index contributed by atoms with van der Waals surface area (Å²) in [6.07, 6.45) is 3.38. The van der Waals surface area contributed by atoms with Gasteiger partial charge in [-0.15, -0.1) is 0 Å². The van der Waals surface area contributed by atoms with E-state index >= 15 is 0 Å². The Hall–Kier alpha value is -2.58. The fraction of sp³-hybridized carbons (Fsp3) is 0.278. The number of para-hydroxylation sites is 1. The third kappa shape index (κ3) is 3.25. The highest BCUT2D eigenvalue weighted by Gasteiger charge is 2.21. The number of sulfone groups is 1. The highest BCUT2D eigenvalue weighted by molar-refractivity contribution is 7.90. The number of rotatable bonds is 3. The van der Waals surface area contributed by atoms with E-state index in [0.29, 0.717) is 25.0 Å². The van der Waals surface area contributed by atoms with E-state index in [2.05, 4.69) is 19.9 Å². The highest BCUT2D eigenvalue weighted by atomic mass is 32.2. The lowest BCUT2D eigenvalue weighted by Crippen LogP contribution is -2.31. The molecule has 26 heavy (non-hydrogen) atoms. The van der Waals surface area contributed by atoms with Crippen LogP contribution in [-0.4, -0.2) is 46.2 Å². The van der Waals surface area contributed by atoms with Crippen molar-refractivity contribution in [3.8, 4) is 5.75 Å². The van der Waals surface area contributed by atoms with Gasteiger partial charge in [0, 0.05) is 49.5 Å². The van der Waals surface area contributed by atoms with E-state index in [1.807, 2.05) is 18.2 Å². The molecular weight excluding hydrogens is 352 g/mol. The first-order chi connectivity index (χ1) is 12.4. The Balaban J connectivity index is 1.55. The summed E-state index contributed by atoms with van der Waals surface area (Å²) in [7, 11) is -3.39. The molecular formula is C18H18N4O3S. The number of hydrogen-bond acceptors (Lipinski definition) is 7. The van der Waals surface area contributed by atoms with Gasteiger partial charge in [-0.2, -0.15) is 0 Å². The number of phenols is 1. The van der Waals surface area contributed by atoms with E-state index in [1.165, 1.54) is 0 Å². The largest absolute Gasteiger partial charge is 0.506 e. The van der Waals surface area contributed by atoms with Crippen LogP contribution >= 0.6 is 0 Å². The fourth-order valence-corrected chi connectivity index (χ4v) is 3.68. The van der Waals surface area contributed by atoms with Crippen molar-refractivity contribution in [1.82, 2.24) is 19.9 Å². The van der Waals surface area contributed by atoms with E-state index in [4.69, 9.17) is 0 Å². The standard InChI is InChI=1S/C18H18N4O3S/c1-26(24,25)18-19-9-13-10-22(8-7-15(13)21-18)11-14-6-5-12-3-2-4-16(23)17(12)20-14/h2-6,9,23H,7-8,10-11H2,1H3. The van der Waals surface area contributed by atoms with Gasteiger partial charge in [0.15, 0.2) is 0 Å². The third-order valence-electron chi connectivity index (χ3n) is 4.46. The second-order valence-corrected chi connectivity index (χ2v) is 8.42. The molecule has 4 rings (SSSR count). The predicted molar refractivity (Wildman–Crippen MR) is 96.4 cm³/mol. The molecule has 7 nitrogen and oxygen atoms in total. The Bertz CT molecular complexity index is 1100. The second-order valence-electron chi connectivity index (χ2n) is 6.51. The van der Waals surface area contributed by atoms with E-state index in [-0.39, 0.29) is 10.9 Å². The number of aromatic nitrogens is 3. The van der Waals surface area contributed by atoms with Crippen molar-refractivity contribution in [1.29, 1.82) is 0 Å². The average Bonchev–Trinajstić information content (AvgIpc) is 2.61. The van der Waals surface area contributed by atoms with Crippen molar-refractivity contribution < 1.29 is 13.5 Å². The lowest BCUT2D eigenvalue weighted by atomic mass is 10.1. The maximum absolute atomic E-state index is 11.6. The van der Waals surface area contributed by atoms with E-state index in [1.54, 1.807) is 18.3 Å². The first kappa shape index (κ1) is 16.9. The van der Waals surface area contributed by atoms with Gasteiger partial charge >= 0.3 is 0 Å². The van der Waals surface area contributed by atoms with Gasteiger partial charge in [0.1, 0.15) is 11.3 Å². The maximum Gasteiger partial charge on any atom is 0.246 e. The molecule has 2 aromatic heterocycles. The summed E-state index contributed by atoms with van der Waals surface area (Å²) in [5.74, 6) is 0.176. The zero-order chi connectivity index (χ0) is 18.3. The van der Waals surface area contributed by atoms with Crippen molar-refractivity contribution in [2.45, 2.75) is 24.7 Å². The van der Waals surface area contributed by atoms with Crippen LogP contribution < -0.4 is 0 Å². The fourth-order valence-electron chi connectivity index (χ4n) is 3.16. The molecule has 0 fully saturated rings. The molecule has 0 spiro atoms. The number of fused-ring (bicyclic) bond motifs is 2. The highest BCUT2D eigenvalue weighted by Crippen LogP contribution is 2.24. The van der Waals surface area contributed by atoms with Gasteiger partial charge < -0.3 is 5.11 Å². The molecule has 0 amide bonds. The summed E-state index contributed by atoms with van der Waals surface area (Å²) in [5.41, 5.74) is 3.20. The maximum atomic E-state index is 11.6. The van der Waals surface area contributed by atoms with Crippen LogP contribution in [-0.2, 0) is 29.3 Å². The van der Waals surface area contributed by atoms with Crippen molar-refractivity contribution in [3.63, 3.8) is 0 Å². The molecule has 1 aliphatic rings. The number of hydrogen-bond donors (Lipinski definition) is 1. The quantitative estimate of drug-likeness (QED) is 0.701. The molecule has 0 saturated heterocycles. The van der Waals surface area contributed by atoms with Crippen LogP contribution in [0.3, 0.4) is 0 Å². The summed E-state index contributed by atoms with van der Waals surface area (Å²) in [6.45, 7) is 2.03. The molecule has 134 valence electrons. The van der Waals surface area contributed by atoms with Crippen LogP contribution in [0.4, 0.5) is 0 Å². The number of nitrogens with zero attached hydrogens (tertiary/aromatic N) is 4. The number of aromatic hydroxyl groups is 1. The zero-order valence-corrected chi connectivity index (χ0v) is 15.1. The van der Waals surface area contributed by atoms with Crippen LogP contribution in [0.2, 0.25) is 0 Å². The zero-order valence-electron chi connectivity index (χ0n) is 14.3. The summed E-state index contributed by atoms with van der Waals surface area (Å²) in [5, 5.41) is 10.8. The van der Waals surface area contributed by atoms with Crippen molar-refractivity contribution >= 4 is 20.7 Å². The molecule has 3 heterocycles. The smallest absolute Gasteiger partial charge is 0.246 e. The summed E-state index contributed by atoms with van der Waals surface area (Å²) >= 11 is 0. The number of benzene rings is 1. The molecule has 0 unspecified atom stereocenters. The Morgan fingerprint density at radius 2 is 2.04 bits per heavy atom. The molecule has 1 aromatic carbocycles. The Morgan fingerprint density at radius 3 is 2.85 bits per heavy atom. The minimum Gasteiger partial charge on any atom is -0.506 e. The molecule has 0 radical (unpaired) electrons. The second kappa shape index (κ2) is 6.30. The Morgan fingerprint density at radius 1 is 1.19 bits per heavy atom. The first-order valence-corrected chi connectivity index (χ1v) is 10.1. The van der Waals surface area contributed by atoms with Crippen LogP contribution in [0.15, 0.2) is 41.7 Å². The Kier molecular flexibility index (Phi) is 4.08. The molecule has 1 N–H and O–H groups in total. The lowest BCUT2D eigenvalue weighted by Gasteiger charge is -2.27. The van der Waals surface area contributed by atoms with Gasteiger partial charge in [-0.05, 0) is 12.1 Å². The molecule has 0 aliphatic carbocycles. The van der Waals surface area contributed by atoms with Gasteiger partial charge in [-0.1, -0.05) is 18.2 Å². The van der Waals surface area contributed by atoms with E-state index < -0.39 is 9.84 Å².